The number of hydrogen-bond donors (Lipinski definition) is 1. The molecular weight excluding hydrogens is 363 g/mol. The van der Waals surface area contributed by atoms with E-state index in [0.717, 1.165) is 17.1 Å². The van der Waals surface area contributed by atoms with Crippen LogP contribution in [0.25, 0.3) is 0 Å². The Hall–Kier alpha value is -0.860. The van der Waals surface area contributed by atoms with Gasteiger partial charge in [-0.05, 0) is 31.0 Å². The zero-order chi connectivity index (χ0) is 17.0. The number of sulfonamides is 1. The highest BCUT2D eigenvalue weighted by atomic mass is 35.5. The average molecular weight is 381 g/mol. The Morgan fingerprint density at radius 3 is 2.83 bits per heavy atom. The molecule has 0 saturated carbocycles. The Morgan fingerprint density at radius 2 is 2.17 bits per heavy atom. The molecule has 1 aliphatic heterocycles. The SMILES string of the molecule is CN(CC(=O)NCC1CCCO1)S(=O)(=O)c1cc(Cl)ccc1Cl. The first-order valence-electron chi connectivity index (χ1n) is 7.10. The van der Waals surface area contributed by atoms with Crippen LogP contribution in [0.5, 0.6) is 0 Å². The fraction of sp³-hybridized carbons (Fsp3) is 0.500. The summed E-state index contributed by atoms with van der Waals surface area (Å²) in [5.74, 6) is -0.398. The topological polar surface area (TPSA) is 75.7 Å². The molecule has 1 aliphatic rings. The van der Waals surface area contributed by atoms with Gasteiger partial charge in [0.05, 0.1) is 17.7 Å². The lowest BCUT2D eigenvalue weighted by Crippen LogP contribution is -2.40. The summed E-state index contributed by atoms with van der Waals surface area (Å²) in [5.41, 5.74) is 0. The smallest absolute Gasteiger partial charge is 0.244 e. The van der Waals surface area contributed by atoms with Gasteiger partial charge in [0.1, 0.15) is 4.90 Å². The van der Waals surface area contributed by atoms with Crippen molar-refractivity contribution in [2.24, 2.45) is 0 Å². The number of nitrogens with one attached hydrogen (secondary N) is 1. The average Bonchev–Trinajstić information content (AvgIpc) is 3.00. The maximum Gasteiger partial charge on any atom is 0.244 e. The molecule has 1 amide bonds. The molecule has 1 aromatic rings. The van der Waals surface area contributed by atoms with E-state index in [1.54, 1.807) is 0 Å². The van der Waals surface area contributed by atoms with Crippen LogP contribution in [-0.2, 0) is 19.6 Å². The third-order valence-electron chi connectivity index (χ3n) is 3.50. The van der Waals surface area contributed by atoms with Gasteiger partial charge >= 0.3 is 0 Å². The van der Waals surface area contributed by atoms with Crippen LogP contribution < -0.4 is 5.32 Å². The summed E-state index contributed by atoms with van der Waals surface area (Å²) in [6.45, 7) is 0.768. The third kappa shape index (κ3) is 4.81. The molecule has 1 unspecified atom stereocenters. The molecule has 0 aromatic heterocycles. The Balaban J connectivity index is 1.99. The number of amides is 1. The highest BCUT2D eigenvalue weighted by Crippen LogP contribution is 2.27. The normalized spacial score (nSPS) is 18.3. The van der Waals surface area contributed by atoms with E-state index >= 15 is 0 Å². The first kappa shape index (κ1) is 18.5. The number of ether oxygens (including phenoxy) is 1. The van der Waals surface area contributed by atoms with E-state index in [4.69, 9.17) is 27.9 Å². The minimum absolute atomic E-state index is 0.00300. The molecule has 23 heavy (non-hydrogen) atoms. The molecule has 2 rings (SSSR count). The van der Waals surface area contributed by atoms with Gasteiger partial charge in [-0.15, -0.1) is 0 Å². The number of halogens is 2. The predicted octanol–water partition coefficient (Wildman–Crippen LogP) is 1.91. The van der Waals surface area contributed by atoms with Gasteiger partial charge < -0.3 is 10.1 Å². The number of carbonyl (C=O) groups excluding carboxylic acids is 1. The molecule has 1 aromatic carbocycles. The van der Waals surface area contributed by atoms with Crippen molar-refractivity contribution in [1.29, 1.82) is 0 Å². The summed E-state index contributed by atoms with van der Waals surface area (Å²) >= 11 is 11.7. The second-order valence-electron chi connectivity index (χ2n) is 5.27. The van der Waals surface area contributed by atoms with Crippen LogP contribution in [0.1, 0.15) is 12.8 Å². The van der Waals surface area contributed by atoms with Gasteiger partial charge in [0.2, 0.25) is 15.9 Å². The summed E-state index contributed by atoms with van der Waals surface area (Å²) in [4.78, 5) is 11.8. The van der Waals surface area contributed by atoms with E-state index in [1.807, 2.05) is 0 Å². The monoisotopic (exact) mass is 380 g/mol. The van der Waals surface area contributed by atoms with Gasteiger partial charge in [0.25, 0.3) is 0 Å². The van der Waals surface area contributed by atoms with E-state index < -0.39 is 15.9 Å². The zero-order valence-electron chi connectivity index (χ0n) is 12.6. The van der Waals surface area contributed by atoms with Crippen molar-refractivity contribution in [3.05, 3.63) is 28.2 Å². The second-order valence-corrected chi connectivity index (χ2v) is 8.13. The van der Waals surface area contributed by atoms with E-state index in [-0.39, 0.29) is 27.6 Å². The minimum atomic E-state index is -3.90. The van der Waals surface area contributed by atoms with Crippen LogP contribution in [0, 0.1) is 0 Å². The molecule has 1 atom stereocenters. The highest BCUT2D eigenvalue weighted by Gasteiger charge is 2.26. The van der Waals surface area contributed by atoms with Crippen LogP contribution in [0.15, 0.2) is 23.1 Å². The van der Waals surface area contributed by atoms with Crippen LogP contribution in [0.3, 0.4) is 0 Å². The van der Waals surface area contributed by atoms with Crippen molar-refractivity contribution >= 4 is 39.1 Å². The van der Waals surface area contributed by atoms with Crippen LogP contribution in [0.2, 0.25) is 10.0 Å². The number of rotatable bonds is 6. The number of hydrogen-bond acceptors (Lipinski definition) is 4. The fourth-order valence-corrected chi connectivity index (χ4v) is 4.08. The number of carbonyl (C=O) groups is 1. The van der Waals surface area contributed by atoms with Gasteiger partial charge in [-0.2, -0.15) is 4.31 Å². The number of benzene rings is 1. The zero-order valence-corrected chi connectivity index (χ0v) is 14.9. The van der Waals surface area contributed by atoms with Gasteiger partial charge in [0, 0.05) is 25.2 Å². The first-order valence-corrected chi connectivity index (χ1v) is 9.30. The molecule has 0 radical (unpaired) electrons. The molecule has 1 heterocycles. The van der Waals surface area contributed by atoms with E-state index in [2.05, 4.69) is 5.32 Å². The molecule has 0 aliphatic carbocycles. The molecule has 0 spiro atoms. The Kier molecular flexibility index (Phi) is 6.27. The van der Waals surface area contributed by atoms with Crippen molar-refractivity contribution < 1.29 is 17.9 Å². The fourth-order valence-electron chi connectivity index (χ4n) is 2.22. The van der Waals surface area contributed by atoms with Crippen molar-refractivity contribution in [2.45, 2.75) is 23.8 Å². The molecule has 6 nitrogen and oxygen atoms in total. The maximum atomic E-state index is 12.5. The van der Waals surface area contributed by atoms with Crippen LogP contribution in [-0.4, -0.2) is 51.5 Å². The Bertz CT molecular complexity index is 675. The van der Waals surface area contributed by atoms with Gasteiger partial charge in [-0.1, -0.05) is 23.2 Å². The molecule has 1 saturated heterocycles. The van der Waals surface area contributed by atoms with Gasteiger partial charge in [0.15, 0.2) is 0 Å². The summed E-state index contributed by atoms with van der Waals surface area (Å²) in [6, 6.07) is 4.17. The second kappa shape index (κ2) is 7.81. The van der Waals surface area contributed by atoms with E-state index in [9.17, 15) is 13.2 Å². The Morgan fingerprint density at radius 1 is 1.43 bits per heavy atom. The summed E-state index contributed by atoms with van der Waals surface area (Å²) in [7, 11) is -2.58. The van der Waals surface area contributed by atoms with Crippen LogP contribution in [0.4, 0.5) is 0 Å². The van der Waals surface area contributed by atoms with Crippen molar-refractivity contribution in [3.63, 3.8) is 0 Å². The standard InChI is InChI=1S/C14H18Cl2N2O4S/c1-18(9-14(19)17-8-11-3-2-6-22-11)23(20,21)13-7-10(15)4-5-12(13)16/h4-5,7,11H,2-3,6,8-9H2,1H3,(H,17,19). The highest BCUT2D eigenvalue weighted by molar-refractivity contribution is 7.89. The Labute approximate surface area is 145 Å². The van der Waals surface area contributed by atoms with Gasteiger partial charge in [-0.3, -0.25) is 4.79 Å². The van der Waals surface area contributed by atoms with Crippen molar-refractivity contribution in [3.8, 4) is 0 Å². The van der Waals surface area contributed by atoms with Crippen LogP contribution >= 0.6 is 23.2 Å². The molecule has 1 fully saturated rings. The predicted molar refractivity (Wildman–Crippen MR) is 88.3 cm³/mol. The lowest BCUT2D eigenvalue weighted by atomic mass is 10.2. The maximum absolute atomic E-state index is 12.5. The van der Waals surface area contributed by atoms with E-state index in [0.29, 0.717) is 13.2 Å². The lowest BCUT2D eigenvalue weighted by Gasteiger charge is -2.18. The summed E-state index contributed by atoms with van der Waals surface area (Å²) < 4.78 is 31.3. The number of likely N-dealkylation sites (N-methyl/N-ethyl adjacent to an activating group) is 1. The molecule has 128 valence electrons. The largest absolute Gasteiger partial charge is 0.376 e. The van der Waals surface area contributed by atoms with Crippen molar-refractivity contribution in [1.82, 2.24) is 9.62 Å². The van der Waals surface area contributed by atoms with Gasteiger partial charge in [-0.25, -0.2) is 8.42 Å². The minimum Gasteiger partial charge on any atom is -0.376 e. The quantitative estimate of drug-likeness (QED) is 0.817. The van der Waals surface area contributed by atoms with E-state index in [1.165, 1.54) is 25.2 Å². The molecule has 1 N–H and O–H groups in total. The first-order chi connectivity index (χ1) is 10.8. The van der Waals surface area contributed by atoms with Crippen molar-refractivity contribution in [2.75, 3.05) is 26.7 Å². The number of nitrogens with zero attached hydrogens (tertiary/aromatic N) is 1. The molecule has 9 heteroatoms. The molecular formula is C14H18Cl2N2O4S. The summed E-state index contributed by atoms with van der Waals surface area (Å²) in [6.07, 6.45) is 1.87. The third-order valence-corrected chi connectivity index (χ3v) is 6.02. The molecule has 0 bridgehead atoms. The lowest BCUT2D eigenvalue weighted by molar-refractivity contribution is -0.121. The summed E-state index contributed by atoms with van der Waals surface area (Å²) in [5, 5.41) is 2.99.